The zero-order valence-electron chi connectivity index (χ0n) is 7.51. The number of rotatable bonds is 1. The van der Waals surface area contributed by atoms with E-state index in [2.05, 4.69) is 5.32 Å². The molecule has 0 aromatic rings. The molecule has 2 aliphatic rings. The van der Waals surface area contributed by atoms with Gasteiger partial charge in [-0.05, 0) is 32.2 Å². The lowest BCUT2D eigenvalue weighted by Gasteiger charge is -2.37. The Morgan fingerprint density at radius 3 is 3.08 bits per heavy atom. The van der Waals surface area contributed by atoms with E-state index in [4.69, 9.17) is 10.5 Å². The lowest BCUT2D eigenvalue weighted by atomic mass is 9.91. The molecule has 70 valence electrons. The third-order valence-corrected chi connectivity index (χ3v) is 3.04. The largest absolute Gasteiger partial charge is 0.369 e. The summed E-state index contributed by atoms with van der Waals surface area (Å²) in [4.78, 5) is 0. The number of hydrogen-bond acceptors (Lipinski definition) is 3. The van der Waals surface area contributed by atoms with E-state index < -0.39 is 0 Å². The Morgan fingerprint density at radius 1 is 1.50 bits per heavy atom. The molecule has 2 aliphatic heterocycles. The van der Waals surface area contributed by atoms with Crippen molar-refractivity contribution >= 4 is 0 Å². The number of ether oxygens (including phenoxy) is 1. The van der Waals surface area contributed by atoms with Crippen LogP contribution in [-0.2, 0) is 4.74 Å². The average molecular weight is 170 g/mol. The van der Waals surface area contributed by atoms with Crippen molar-refractivity contribution in [3.8, 4) is 0 Å². The molecule has 0 radical (unpaired) electrons. The van der Waals surface area contributed by atoms with Crippen molar-refractivity contribution < 1.29 is 4.74 Å². The molecule has 0 aromatic carbocycles. The van der Waals surface area contributed by atoms with Crippen LogP contribution in [0.4, 0.5) is 0 Å². The molecule has 3 heteroatoms. The SMILES string of the molecule is NCC1CCCC2(CCNC2)O1. The Hall–Kier alpha value is -0.120. The fourth-order valence-electron chi connectivity index (χ4n) is 2.32. The highest BCUT2D eigenvalue weighted by atomic mass is 16.5. The van der Waals surface area contributed by atoms with E-state index in [1.54, 1.807) is 0 Å². The third-order valence-electron chi connectivity index (χ3n) is 3.04. The predicted molar refractivity (Wildman–Crippen MR) is 48.0 cm³/mol. The second-order valence-corrected chi connectivity index (χ2v) is 3.98. The molecule has 2 atom stereocenters. The molecule has 2 heterocycles. The van der Waals surface area contributed by atoms with Crippen LogP contribution in [-0.4, -0.2) is 31.3 Å². The smallest absolute Gasteiger partial charge is 0.0822 e. The van der Waals surface area contributed by atoms with Crippen molar-refractivity contribution in [2.24, 2.45) is 5.73 Å². The summed E-state index contributed by atoms with van der Waals surface area (Å²) in [5.41, 5.74) is 5.76. The van der Waals surface area contributed by atoms with E-state index in [0.717, 1.165) is 19.5 Å². The molecule has 2 saturated heterocycles. The monoisotopic (exact) mass is 170 g/mol. The van der Waals surface area contributed by atoms with Gasteiger partial charge in [0.2, 0.25) is 0 Å². The molecule has 2 unspecified atom stereocenters. The summed E-state index contributed by atoms with van der Waals surface area (Å²) in [6.07, 6.45) is 5.14. The van der Waals surface area contributed by atoms with Gasteiger partial charge >= 0.3 is 0 Å². The van der Waals surface area contributed by atoms with Crippen LogP contribution < -0.4 is 11.1 Å². The van der Waals surface area contributed by atoms with Gasteiger partial charge in [-0.15, -0.1) is 0 Å². The first-order valence-electron chi connectivity index (χ1n) is 4.93. The Morgan fingerprint density at radius 2 is 2.42 bits per heavy atom. The Labute approximate surface area is 73.7 Å². The summed E-state index contributed by atoms with van der Waals surface area (Å²) in [5.74, 6) is 0. The summed E-state index contributed by atoms with van der Waals surface area (Å²) in [6, 6.07) is 0. The van der Waals surface area contributed by atoms with Crippen LogP contribution >= 0.6 is 0 Å². The summed E-state index contributed by atoms with van der Waals surface area (Å²) < 4.78 is 6.00. The predicted octanol–water partition coefficient (Wildman–Crippen LogP) is 0.246. The van der Waals surface area contributed by atoms with Gasteiger partial charge in [0.1, 0.15) is 0 Å². The van der Waals surface area contributed by atoms with Crippen LogP contribution in [0.1, 0.15) is 25.7 Å². The van der Waals surface area contributed by atoms with Gasteiger partial charge in [0.05, 0.1) is 11.7 Å². The van der Waals surface area contributed by atoms with E-state index >= 15 is 0 Å². The molecule has 3 N–H and O–H groups in total. The van der Waals surface area contributed by atoms with Crippen LogP contribution in [0.2, 0.25) is 0 Å². The molecule has 12 heavy (non-hydrogen) atoms. The number of nitrogens with two attached hydrogens (primary N) is 1. The highest BCUT2D eigenvalue weighted by Crippen LogP contribution is 2.32. The highest BCUT2D eigenvalue weighted by molar-refractivity contribution is 4.93. The quantitative estimate of drug-likeness (QED) is 0.593. The molecule has 0 bridgehead atoms. The molecule has 3 nitrogen and oxygen atoms in total. The number of hydrogen-bond donors (Lipinski definition) is 2. The molecular formula is C9H18N2O. The molecular weight excluding hydrogens is 152 g/mol. The zero-order chi connectivity index (χ0) is 8.44. The summed E-state index contributed by atoms with van der Waals surface area (Å²) in [7, 11) is 0. The lowest BCUT2D eigenvalue weighted by molar-refractivity contribution is -0.112. The topological polar surface area (TPSA) is 47.3 Å². The minimum Gasteiger partial charge on any atom is -0.369 e. The summed E-state index contributed by atoms with van der Waals surface area (Å²) in [6.45, 7) is 2.82. The van der Waals surface area contributed by atoms with Crippen molar-refractivity contribution in [1.82, 2.24) is 5.32 Å². The lowest BCUT2D eigenvalue weighted by Crippen LogP contribution is -2.44. The van der Waals surface area contributed by atoms with Crippen molar-refractivity contribution in [1.29, 1.82) is 0 Å². The van der Waals surface area contributed by atoms with Gasteiger partial charge in [0, 0.05) is 13.1 Å². The summed E-state index contributed by atoms with van der Waals surface area (Å²) >= 11 is 0. The normalized spacial score (nSPS) is 42.2. The van der Waals surface area contributed by atoms with Crippen LogP contribution in [0.25, 0.3) is 0 Å². The van der Waals surface area contributed by atoms with Crippen LogP contribution in [0.5, 0.6) is 0 Å². The van der Waals surface area contributed by atoms with Gasteiger partial charge in [-0.2, -0.15) is 0 Å². The maximum absolute atomic E-state index is 6.00. The zero-order valence-corrected chi connectivity index (χ0v) is 7.51. The molecule has 0 amide bonds. The van der Waals surface area contributed by atoms with Crippen molar-refractivity contribution in [3.05, 3.63) is 0 Å². The molecule has 0 aliphatic carbocycles. The van der Waals surface area contributed by atoms with E-state index in [1.165, 1.54) is 19.3 Å². The Balaban J connectivity index is 1.97. The van der Waals surface area contributed by atoms with Crippen molar-refractivity contribution in [3.63, 3.8) is 0 Å². The second-order valence-electron chi connectivity index (χ2n) is 3.98. The van der Waals surface area contributed by atoms with Crippen molar-refractivity contribution in [2.45, 2.75) is 37.4 Å². The van der Waals surface area contributed by atoms with E-state index in [9.17, 15) is 0 Å². The molecule has 0 aromatic heterocycles. The fraction of sp³-hybridized carbons (Fsp3) is 1.00. The standard InChI is InChI=1S/C9H18N2O/c10-6-8-2-1-3-9(12-8)4-5-11-7-9/h8,11H,1-7,10H2. The van der Waals surface area contributed by atoms with E-state index in [-0.39, 0.29) is 5.60 Å². The molecule has 1 spiro atoms. The van der Waals surface area contributed by atoms with E-state index in [0.29, 0.717) is 12.6 Å². The summed E-state index contributed by atoms with van der Waals surface area (Å²) in [5, 5.41) is 3.36. The number of nitrogens with one attached hydrogen (secondary N) is 1. The van der Waals surface area contributed by atoms with E-state index in [1.807, 2.05) is 0 Å². The first-order chi connectivity index (χ1) is 5.85. The second kappa shape index (κ2) is 3.32. The first-order valence-corrected chi connectivity index (χ1v) is 4.93. The van der Waals surface area contributed by atoms with Crippen LogP contribution in [0.15, 0.2) is 0 Å². The highest BCUT2D eigenvalue weighted by Gasteiger charge is 2.39. The minimum absolute atomic E-state index is 0.155. The molecule has 2 rings (SSSR count). The van der Waals surface area contributed by atoms with Gasteiger partial charge in [0.25, 0.3) is 0 Å². The van der Waals surface area contributed by atoms with Gasteiger partial charge in [-0.1, -0.05) is 0 Å². The third kappa shape index (κ3) is 1.49. The van der Waals surface area contributed by atoms with Gasteiger partial charge < -0.3 is 15.8 Å². The first kappa shape index (κ1) is 8.48. The van der Waals surface area contributed by atoms with Crippen LogP contribution in [0, 0.1) is 0 Å². The fourth-order valence-corrected chi connectivity index (χ4v) is 2.32. The molecule has 0 saturated carbocycles. The Kier molecular flexibility index (Phi) is 2.35. The average Bonchev–Trinajstić information content (AvgIpc) is 2.53. The van der Waals surface area contributed by atoms with Gasteiger partial charge in [-0.3, -0.25) is 0 Å². The van der Waals surface area contributed by atoms with Gasteiger partial charge in [0.15, 0.2) is 0 Å². The van der Waals surface area contributed by atoms with Crippen LogP contribution in [0.3, 0.4) is 0 Å². The van der Waals surface area contributed by atoms with Crippen molar-refractivity contribution in [2.75, 3.05) is 19.6 Å². The minimum atomic E-state index is 0.155. The Bertz CT molecular complexity index is 155. The van der Waals surface area contributed by atoms with Gasteiger partial charge in [-0.25, -0.2) is 0 Å². The maximum atomic E-state index is 6.00. The molecule has 2 fully saturated rings. The maximum Gasteiger partial charge on any atom is 0.0822 e.